The number of hydrogen-bond acceptors (Lipinski definition) is 2. The summed E-state index contributed by atoms with van der Waals surface area (Å²) < 4.78 is 0. The molecule has 0 aliphatic carbocycles. The van der Waals surface area contributed by atoms with Crippen molar-refractivity contribution in [2.45, 2.75) is 32.2 Å². The van der Waals surface area contributed by atoms with Crippen molar-refractivity contribution in [1.29, 1.82) is 0 Å². The number of benzene rings is 1. The highest BCUT2D eigenvalue weighted by Gasteiger charge is 2.25. The maximum absolute atomic E-state index is 6.29. The molecule has 2 unspecified atom stereocenters. The van der Waals surface area contributed by atoms with E-state index in [-0.39, 0.29) is 0 Å². The van der Waals surface area contributed by atoms with Crippen molar-refractivity contribution < 1.29 is 0 Å². The first kappa shape index (κ1) is 15.5. The highest BCUT2D eigenvalue weighted by atomic mass is 35.5. The maximum atomic E-state index is 6.29. The Bertz CT molecular complexity index is 405. The summed E-state index contributed by atoms with van der Waals surface area (Å²) in [6.07, 6.45) is 3.45. The van der Waals surface area contributed by atoms with E-state index in [1.54, 1.807) is 0 Å². The van der Waals surface area contributed by atoms with Crippen LogP contribution in [-0.4, -0.2) is 24.1 Å². The second kappa shape index (κ2) is 7.78. The van der Waals surface area contributed by atoms with E-state index in [1.165, 1.54) is 29.9 Å². The lowest BCUT2D eigenvalue weighted by molar-refractivity contribution is 0.380. The van der Waals surface area contributed by atoms with Crippen molar-refractivity contribution in [3.63, 3.8) is 0 Å². The third kappa shape index (κ3) is 4.56. The van der Waals surface area contributed by atoms with Crippen molar-refractivity contribution in [3.8, 4) is 0 Å². The maximum Gasteiger partial charge on any atom is 0.0439 e. The van der Waals surface area contributed by atoms with Crippen LogP contribution >= 0.6 is 35.0 Å². The van der Waals surface area contributed by atoms with Crippen LogP contribution in [0.25, 0.3) is 0 Å². The van der Waals surface area contributed by atoms with Gasteiger partial charge in [0.25, 0.3) is 0 Å². The molecule has 1 aromatic carbocycles. The van der Waals surface area contributed by atoms with E-state index >= 15 is 0 Å². The topological polar surface area (TPSA) is 12.0 Å². The molecule has 0 bridgehead atoms. The molecule has 0 amide bonds. The molecule has 1 heterocycles. The van der Waals surface area contributed by atoms with Crippen LogP contribution in [0.4, 0.5) is 0 Å². The normalized spacial score (nSPS) is 20.7. The minimum atomic E-state index is 0.519. The molecule has 2 rings (SSSR count). The van der Waals surface area contributed by atoms with Gasteiger partial charge in [-0.05, 0) is 67.0 Å². The van der Waals surface area contributed by atoms with Crippen LogP contribution in [0.5, 0.6) is 0 Å². The van der Waals surface area contributed by atoms with Gasteiger partial charge in [-0.1, -0.05) is 30.1 Å². The van der Waals surface area contributed by atoms with Gasteiger partial charge in [-0.25, -0.2) is 0 Å². The lowest BCUT2D eigenvalue weighted by atomic mass is 9.93. The Hall–Kier alpha value is 0.110. The molecule has 1 aliphatic heterocycles. The van der Waals surface area contributed by atoms with Crippen molar-refractivity contribution in [2.24, 2.45) is 5.92 Å². The fourth-order valence-corrected chi connectivity index (χ4v) is 4.27. The van der Waals surface area contributed by atoms with E-state index in [2.05, 4.69) is 24.0 Å². The molecule has 1 aromatic rings. The summed E-state index contributed by atoms with van der Waals surface area (Å²) in [5, 5.41) is 5.30. The molecule has 1 aliphatic rings. The van der Waals surface area contributed by atoms with Crippen molar-refractivity contribution in [3.05, 3.63) is 33.8 Å². The largest absolute Gasteiger partial charge is 0.313 e. The Labute approximate surface area is 130 Å². The number of rotatable bonds is 6. The monoisotopic (exact) mass is 317 g/mol. The Kier molecular flexibility index (Phi) is 6.34. The van der Waals surface area contributed by atoms with Crippen LogP contribution in [0.1, 0.15) is 25.3 Å². The lowest BCUT2D eigenvalue weighted by Crippen LogP contribution is -2.38. The van der Waals surface area contributed by atoms with Crippen molar-refractivity contribution in [1.82, 2.24) is 5.32 Å². The zero-order chi connectivity index (χ0) is 13.7. The van der Waals surface area contributed by atoms with Crippen molar-refractivity contribution in [2.75, 3.05) is 18.1 Å². The quantitative estimate of drug-likeness (QED) is 0.819. The first-order valence-electron chi connectivity index (χ1n) is 6.95. The minimum absolute atomic E-state index is 0.519. The Morgan fingerprint density at radius 2 is 2.26 bits per heavy atom. The first-order valence-corrected chi connectivity index (χ1v) is 8.86. The molecule has 4 heteroatoms. The molecular formula is C15H21Cl2NS. The SMILES string of the molecule is CCCNC(Cc1cc(Cl)ccc1Cl)C1CCSC1. The van der Waals surface area contributed by atoms with E-state index in [0.717, 1.165) is 28.9 Å². The van der Waals surface area contributed by atoms with Crippen LogP contribution in [0.3, 0.4) is 0 Å². The number of nitrogens with one attached hydrogen (secondary N) is 1. The van der Waals surface area contributed by atoms with E-state index < -0.39 is 0 Å². The van der Waals surface area contributed by atoms with Crippen LogP contribution in [0.15, 0.2) is 18.2 Å². The van der Waals surface area contributed by atoms with Crippen LogP contribution < -0.4 is 5.32 Å². The zero-order valence-electron chi connectivity index (χ0n) is 11.3. The van der Waals surface area contributed by atoms with Crippen LogP contribution in [-0.2, 0) is 6.42 Å². The summed E-state index contributed by atoms with van der Waals surface area (Å²) in [7, 11) is 0. The molecule has 0 aromatic heterocycles. The van der Waals surface area contributed by atoms with Gasteiger partial charge in [0, 0.05) is 16.1 Å². The third-order valence-electron chi connectivity index (χ3n) is 3.64. The van der Waals surface area contributed by atoms with E-state index in [1.807, 2.05) is 18.2 Å². The van der Waals surface area contributed by atoms with Gasteiger partial charge < -0.3 is 5.32 Å². The molecule has 1 N–H and O–H groups in total. The Morgan fingerprint density at radius 1 is 1.42 bits per heavy atom. The average molecular weight is 318 g/mol. The predicted octanol–water partition coefficient (Wildman–Crippen LogP) is 4.66. The fourth-order valence-electron chi connectivity index (χ4n) is 2.54. The molecule has 2 atom stereocenters. The van der Waals surface area contributed by atoms with Gasteiger partial charge in [0.15, 0.2) is 0 Å². The summed E-state index contributed by atoms with van der Waals surface area (Å²) >= 11 is 14.4. The smallest absolute Gasteiger partial charge is 0.0439 e. The first-order chi connectivity index (χ1) is 9.20. The summed E-state index contributed by atoms with van der Waals surface area (Å²) in [6.45, 7) is 3.28. The van der Waals surface area contributed by atoms with Gasteiger partial charge in [0.1, 0.15) is 0 Å². The lowest BCUT2D eigenvalue weighted by Gasteiger charge is -2.25. The summed E-state index contributed by atoms with van der Waals surface area (Å²) in [4.78, 5) is 0. The molecule has 1 nitrogen and oxygen atoms in total. The summed E-state index contributed by atoms with van der Waals surface area (Å²) in [5.74, 6) is 3.31. The molecule has 1 fully saturated rings. The molecule has 19 heavy (non-hydrogen) atoms. The van der Waals surface area contributed by atoms with Gasteiger partial charge >= 0.3 is 0 Å². The predicted molar refractivity (Wildman–Crippen MR) is 87.7 cm³/mol. The number of hydrogen-bond donors (Lipinski definition) is 1. The third-order valence-corrected chi connectivity index (χ3v) is 5.43. The van der Waals surface area contributed by atoms with Crippen molar-refractivity contribution >= 4 is 35.0 Å². The molecule has 1 saturated heterocycles. The van der Waals surface area contributed by atoms with E-state index in [9.17, 15) is 0 Å². The van der Waals surface area contributed by atoms with Crippen LogP contribution in [0.2, 0.25) is 10.0 Å². The Morgan fingerprint density at radius 3 is 2.95 bits per heavy atom. The van der Waals surface area contributed by atoms with Gasteiger partial charge in [0.05, 0.1) is 0 Å². The summed E-state index contributed by atoms with van der Waals surface area (Å²) in [5.41, 5.74) is 1.17. The van der Waals surface area contributed by atoms with Gasteiger partial charge in [-0.2, -0.15) is 11.8 Å². The fraction of sp³-hybridized carbons (Fsp3) is 0.600. The van der Waals surface area contributed by atoms with Gasteiger partial charge in [0.2, 0.25) is 0 Å². The van der Waals surface area contributed by atoms with E-state index in [0.29, 0.717) is 6.04 Å². The summed E-state index contributed by atoms with van der Waals surface area (Å²) in [6, 6.07) is 6.28. The average Bonchev–Trinajstić information content (AvgIpc) is 2.92. The zero-order valence-corrected chi connectivity index (χ0v) is 13.6. The molecule has 0 saturated carbocycles. The second-order valence-corrected chi connectivity index (χ2v) is 7.12. The van der Waals surface area contributed by atoms with Gasteiger partial charge in [-0.3, -0.25) is 0 Å². The molecule has 0 spiro atoms. The highest BCUT2D eigenvalue weighted by molar-refractivity contribution is 7.99. The number of thioether (sulfide) groups is 1. The number of halogens is 2. The van der Waals surface area contributed by atoms with E-state index in [4.69, 9.17) is 23.2 Å². The second-order valence-electron chi connectivity index (χ2n) is 5.12. The van der Waals surface area contributed by atoms with Crippen LogP contribution in [0, 0.1) is 5.92 Å². The molecule has 106 valence electrons. The Balaban J connectivity index is 2.07. The molecular weight excluding hydrogens is 297 g/mol. The molecule has 0 radical (unpaired) electrons. The highest BCUT2D eigenvalue weighted by Crippen LogP contribution is 2.30. The van der Waals surface area contributed by atoms with Gasteiger partial charge in [-0.15, -0.1) is 0 Å². The minimum Gasteiger partial charge on any atom is -0.313 e. The standard InChI is InChI=1S/C15H21Cl2NS/c1-2-6-18-15(11-5-7-19-10-11)9-12-8-13(16)3-4-14(12)17/h3-4,8,11,15,18H,2,5-7,9-10H2,1H3.